The topological polar surface area (TPSA) is 107 Å². The Morgan fingerprint density at radius 2 is 2.10 bits per heavy atom. The van der Waals surface area contributed by atoms with Crippen LogP contribution >= 0.6 is 0 Å². The summed E-state index contributed by atoms with van der Waals surface area (Å²) in [7, 11) is -2.27. The number of aromatic nitrogens is 1. The van der Waals surface area contributed by atoms with Gasteiger partial charge in [-0.2, -0.15) is 0 Å². The highest BCUT2D eigenvalue weighted by Crippen LogP contribution is 2.24. The number of hydrogen-bond acceptors (Lipinski definition) is 6. The van der Waals surface area contributed by atoms with Gasteiger partial charge in [-0.15, -0.1) is 0 Å². The van der Waals surface area contributed by atoms with Gasteiger partial charge in [0.15, 0.2) is 0 Å². The summed E-state index contributed by atoms with van der Waals surface area (Å²) in [5.74, 6) is 1.29. The Morgan fingerprint density at radius 1 is 1.38 bits per heavy atom. The molecule has 0 spiro atoms. The summed E-state index contributed by atoms with van der Waals surface area (Å²) in [4.78, 5) is 4.18. The van der Waals surface area contributed by atoms with Crippen molar-refractivity contribution in [1.82, 2.24) is 9.71 Å². The third kappa shape index (κ3) is 3.34. The number of hydrogen-bond donors (Lipinski definition) is 2. The smallest absolute Gasteiger partial charge is 0.241 e. The largest absolute Gasteiger partial charge is 0.495 e. The number of aryl methyl sites for hydroxylation is 2. The first-order valence-electron chi connectivity index (χ1n) is 6.19. The molecule has 1 heterocycles. The van der Waals surface area contributed by atoms with E-state index >= 15 is 0 Å². The van der Waals surface area contributed by atoms with E-state index in [4.69, 9.17) is 14.9 Å². The molecule has 0 saturated carbocycles. The van der Waals surface area contributed by atoms with E-state index in [0.717, 1.165) is 5.69 Å². The normalized spacial score (nSPS) is 11.6. The average molecular weight is 311 g/mol. The van der Waals surface area contributed by atoms with Gasteiger partial charge in [-0.3, -0.25) is 0 Å². The van der Waals surface area contributed by atoms with Crippen molar-refractivity contribution in [1.29, 1.82) is 0 Å². The van der Waals surface area contributed by atoms with Crippen molar-refractivity contribution in [2.75, 3.05) is 12.8 Å². The Bertz CT molecular complexity index is 733. The molecule has 0 bridgehead atoms. The van der Waals surface area contributed by atoms with Crippen LogP contribution in [-0.4, -0.2) is 20.5 Å². The summed E-state index contributed by atoms with van der Waals surface area (Å²) >= 11 is 0. The Hall–Kier alpha value is -2.06. The number of ether oxygens (including phenoxy) is 1. The summed E-state index contributed by atoms with van der Waals surface area (Å²) in [6.45, 7) is 3.54. The van der Waals surface area contributed by atoms with Crippen molar-refractivity contribution in [3.8, 4) is 5.75 Å². The standard InChI is InChI=1S/C13H17N3O4S/c1-8-9(2)20-13(16-8)7-15-21(17,18)10-4-5-11(14)12(6-10)19-3/h4-6,15H,7,14H2,1-3H3. The maximum atomic E-state index is 12.2. The van der Waals surface area contributed by atoms with Crippen molar-refractivity contribution in [2.24, 2.45) is 0 Å². The molecular weight excluding hydrogens is 294 g/mol. The van der Waals surface area contributed by atoms with Crippen molar-refractivity contribution in [3.05, 3.63) is 35.5 Å². The molecule has 0 aliphatic heterocycles. The van der Waals surface area contributed by atoms with Crippen LogP contribution in [0.15, 0.2) is 27.5 Å². The fourth-order valence-electron chi connectivity index (χ4n) is 1.71. The number of sulfonamides is 1. The molecule has 0 radical (unpaired) electrons. The highest BCUT2D eigenvalue weighted by atomic mass is 32.2. The summed E-state index contributed by atoms with van der Waals surface area (Å²) < 4.78 is 37.2. The van der Waals surface area contributed by atoms with Gasteiger partial charge in [0.1, 0.15) is 11.5 Å². The van der Waals surface area contributed by atoms with Crippen LogP contribution in [0, 0.1) is 13.8 Å². The minimum Gasteiger partial charge on any atom is -0.495 e. The van der Waals surface area contributed by atoms with E-state index in [0.29, 0.717) is 23.1 Å². The summed E-state index contributed by atoms with van der Waals surface area (Å²) in [5, 5.41) is 0. The maximum Gasteiger partial charge on any atom is 0.241 e. The number of benzene rings is 1. The predicted molar refractivity (Wildman–Crippen MR) is 77.4 cm³/mol. The van der Waals surface area contributed by atoms with Crippen molar-refractivity contribution in [3.63, 3.8) is 0 Å². The number of methoxy groups -OCH3 is 1. The molecule has 0 aliphatic carbocycles. The fourth-order valence-corrected chi connectivity index (χ4v) is 2.70. The summed E-state index contributed by atoms with van der Waals surface area (Å²) in [6, 6.07) is 4.25. The van der Waals surface area contributed by atoms with E-state index in [-0.39, 0.29) is 11.4 Å². The SMILES string of the molecule is COc1cc(S(=O)(=O)NCc2nc(C)c(C)o2)ccc1N. The van der Waals surface area contributed by atoms with Gasteiger partial charge in [-0.1, -0.05) is 0 Å². The molecule has 3 N–H and O–H groups in total. The zero-order chi connectivity index (χ0) is 15.6. The maximum absolute atomic E-state index is 12.2. The number of nitrogens with one attached hydrogen (secondary N) is 1. The lowest BCUT2D eigenvalue weighted by molar-refractivity contribution is 0.415. The van der Waals surface area contributed by atoms with Gasteiger partial charge in [0, 0.05) is 6.07 Å². The van der Waals surface area contributed by atoms with Crippen LogP contribution in [-0.2, 0) is 16.6 Å². The van der Waals surface area contributed by atoms with Crippen LogP contribution in [0.25, 0.3) is 0 Å². The van der Waals surface area contributed by atoms with E-state index < -0.39 is 10.0 Å². The van der Waals surface area contributed by atoms with Gasteiger partial charge < -0.3 is 14.9 Å². The minimum atomic E-state index is -3.70. The van der Waals surface area contributed by atoms with Gasteiger partial charge in [-0.05, 0) is 26.0 Å². The Balaban J connectivity index is 2.18. The molecule has 0 aliphatic rings. The Labute approximate surface area is 123 Å². The summed E-state index contributed by atoms with van der Waals surface area (Å²) in [6.07, 6.45) is 0. The number of rotatable bonds is 5. The molecule has 0 saturated heterocycles. The van der Waals surface area contributed by atoms with Crippen molar-refractivity contribution >= 4 is 15.7 Å². The molecule has 1 aromatic heterocycles. The zero-order valence-corrected chi connectivity index (χ0v) is 12.8. The molecule has 2 rings (SSSR count). The van der Waals surface area contributed by atoms with Crippen LogP contribution in [0.3, 0.4) is 0 Å². The van der Waals surface area contributed by atoms with E-state index in [1.807, 2.05) is 0 Å². The molecule has 21 heavy (non-hydrogen) atoms. The zero-order valence-electron chi connectivity index (χ0n) is 12.0. The van der Waals surface area contributed by atoms with Gasteiger partial charge in [0.05, 0.1) is 29.9 Å². The quantitative estimate of drug-likeness (QED) is 0.807. The fraction of sp³-hybridized carbons (Fsp3) is 0.308. The molecule has 0 amide bonds. The lowest BCUT2D eigenvalue weighted by atomic mass is 10.3. The van der Waals surface area contributed by atoms with Crippen LogP contribution < -0.4 is 15.2 Å². The number of oxazole rings is 1. The molecule has 2 aromatic rings. The van der Waals surface area contributed by atoms with Crippen LogP contribution in [0.4, 0.5) is 5.69 Å². The molecule has 0 fully saturated rings. The lowest BCUT2D eigenvalue weighted by Gasteiger charge is -2.08. The third-order valence-electron chi connectivity index (χ3n) is 3.00. The number of nitrogens with zero attached hydrogens (tertiary/aromatic N) is 1. The first kappa shape index (κ1) is 15.3. The second kappa shape index (κ2) is 5.74. The number of nitrogens with two attached hydrogens (primary N) is 1. The highest BCUT2D eigenvalue weighted by Gasteiger charge is 2.17. The second-order valence-electron chi connectivity index (χ2n) is 4.48. The Kier molecular flexibility index (Phi) is 4.19. The van der Waals surface area contributed by atoms with E-state index in [1.54, 1.807) is 13.8 Å². The molecule has 7 nitrogen and oxygen atoms in total. The first-order chi connectivity index (χ1) is 9.83. The molecule has 8 heteroatoms. The van der Waals surface area contributed by atoms with Gasteiger partial charge in [0.25, 0.3) is 0 Å². The van der Waals surface area contributed by atoms with E-state index in [1.165, 1.54) is 25.3 Å². The number of anilines is 1. The van der Waals surface area contributed by atoms with Crippen molar-refractivity contribution in [2.45, 2.75) is 25.3 Å². The monoisotopic (exact) mass is 311 g/mol. The van der Waals surface area contributed by atoms with E-state index in [2.05, 4.69) is 9.71 Å². The predicted octanol–water partition coefficient (Wildman–Crippen LogP) is 1.36. The van der Waals surface area contributed by atoms with Gasteiger partial charge in [-0.25, -0.2) is 18.1 Å². The highest BCUT2D eigenvalue weighted by molar-refractivity contribution is 7.89. The molecular formula is C13H17N3O4S. The van der Waals surface area contributed by atoms with E-state index in [9.17, 15) is 8.42 Å². The van der Waals surface area contributed by atoms with Crippen LogP contribution in [0.5, 0.6) is 5.75 Å². The molecule has 0 unspecified atom stereocenters. The lowest BCUT2D eigenvalue weighted by Crippen LogP contribution is -2.23. The Morgan fingerprint density at radius 3 is 2.67 bits per heavy atom. The average Bonchev–Trinajstić information content (AvgIpc) is 2.76. The second-order valence-corrected chi connectivity index (χ2v) is 6.24. The molecule has 0 atom stereocenters. The molecule has 1 aromatic carbocycles. The van der Waals surface area contributed by atoms with Crippen molar-refractivity contribution < 1.29 is 17.6 Å². The third-order valence-corrected chi connectivity index (χ3v) is 4.40. The van der Waals surface area contributed by atoms with Crippen LogP contribution in [0.2, 0.25) is 0 Å². The number of nitrogen functional groups attached to an aromatic ring is 1. The molecule has 114 valence electrons. The first-order valence-corrected chi connectivity index (χ1v) is 7.68. The van der Waals surface area contributed by atoms with Gasteiger partial charge >= 0.3 is 0 Å². The van der Waals surface area contributed by atoms with Crippen LogP contribution in [0.1, 0.15) is 17.3 Å². The summed E-state index contributed by atoms with van der Waals surface area (Å²) in [5.41, 5.74) is 6.77. The van der Waals surface area contributed by atoms with Gasteiger partial charge in [0.2, 0.25) is 15.9 Å². The minimum absolute atomic E-state index is 0.0241.